The van der Waals surface area contributed by atoms with Crippen LogP contribution in [-0.4, -0.2) is 50.7 Å². The smallest absolute Gasteiger partial charge is 0.254 e. The summed E-state index contributed by atoms with van der Waals surface area (Å²) in [7, 11) is 0. The molecule has 0 unspecified atom stereocenters. The number of rotatable bonds is 2. The molecule has 21 heavy (non-hydrogen) atoms. The van der Waals surface area contributed by atoms with Crippen LogP contribution in [0.1, 0.15) is 0 Å². The van der Waals surface area contributed by atoms with Gasteiger partial charge in [-0.25, -0.2) is 4.98 Å². The first kappa shape index (κ1) is 12.2. The van der Waals surface area contributed by atoms with Gasteiger partial charge >= 0.3 is 0 Å². The molecular weight excluding hydrogens is 266 g/mol. The zero-order valence-electron chi connectivity index (χ0n) is 11.5. The van der Waals surface area contributed by atoms with Gasteiger partial charge in [0.1, 0.15) is 0 Å². The van der Waals surface area contributed by atoms with Gasteiger partial charge in [0.15, 0.2) is 0 Å². The molecule has 0 amide bonds. The molecule has 0 aromatic carbocycles. The Balaban J connectivity index is 1.80. The minimum Gasteiger partial charge on any atom is -0.337 e. The van der Waals surface area contributed by atoms with Crippen LogP contribution in [0.25, 0.3) is 17.0 Å². The number of pyridine rings is 1. The Hall–Kier alpha value is -2.54. The molecule has 7 nitrogen and oxygen atoms in total. The van der Waals surface area contributed by atoms with Crippen molar-refractivity contribution >= 4 is 11.7 Å². The first-order chi connectivity index (χ1) is 10.4. The lowest BCUT2D eigenvalue weighted by Gasteiger charge is -2.25. The molecule has 1 aliphatic heterocycles. The van der Waals surface area contributed by atoms with Gasteiger partial charge in [-0.3, -0.25) is 4.98 Å². The van der Waals surface area contributed by atoms with E-state index in [9.17, 15) is 0 Å². The average Bonchev–Trinajstić information content (AvgIpc) is 3.00. The van der Waals surface area contributed by atoms with E-state index >= 15 is 0 Å². The summed E-state index contributed by atoms with van der Waals surface area (Å²) in [5, 5.41) is 7.96. The summed E-state index contributed by atoms with van der Waals surface area (Å²) >= 11 is 0. The molecule has 1 aliphatic rings. The number of nitrogens with one attached hydrogen (secondary N) is 1. The molecule has 0 spiro atoms. The number of hydrogen-bond acceptors (Lipinski definition) is 6. The molecule has 0 aliphatic carbocycles. The summed E-state index contributed by atoms with van der Waals surface area (Å²) in [5.74, 6) is 1.36. The topological polar surface area (TPSA) is 71.2 Å². The van der Waals surface area contributed by atoms with Crippen LogP contribution in [0.5, 0.6) is 0 Å². The molecule has 0 saturated carbocycles. The van der Waals surface area contributed by atoms with Crippen LogP contribution in [0, 0.1) is 0 Å². The minimum atomic E-state index is 0.623. The Morgan fingerprint density at radius 2 is 1.81 bits per heavy atom. The van der Waals surface area contributed by atoms with E-state index < -0.39 is 0 Å². The monoisotopic (exact) mass is 281 g/mol. The van der Waals surface area contributed by atoms with Gasteiger partial charge in [-0.2, -0.15) is 9.50 Å². The predicted molar refractivity (Wildman–Crippen MR) is 79.1 cm³/mol. The van der Waals surface area contributed by atoms with Crippen molar-refractivity contribution in [3.8, 4) is 11.3 Å². The van der Waals surface area contributed by atoms with Gasteiger partial charge in [0.05, 0.1) is 5.69 Å². The van der Waals surface area contributed by atoms with Gasteiger partial charge in [0.2, 0.25) is 5.95 Å². The largest absolute Gasteiger partial charge is 0.337 e. The first-order valence-electron chi connectivity index (χ1n) is 7.00. The third kappa shape index (κ3) is 2.21. The minimum absolute atomic E-state index is 0.623. The second-order valence-corrected chi connectivity index (χ2v) is 4.93. The van der Waals surface area contributed by atoms with Gasteiger partial charge in [-0.05, 0) is 18.2 Å². The first-order valence-corrected chi connectivity index (χ1v) is 7.00. The fourth-order valence-corrected chi connectivity index (χ4v) is 2.52. The Bertz CT molecular complexity index is 746. The van der Waals surface area contributed by atoms with E-state index in [1.165, 1.54) is 0 Å². The molecule has 0 radical (unpaired) electrons. The predicted octanol–water partition coefficient (Wildman–Crippen LogP) is 0.596. The molecule has 4 heterocycles. The van der Waals surface area contributed by atoms with Crippen molar-refractivity contribution in [2.24, 2.45) is 0 Å². The molecule has 7 heteroatoms. The summed E-state index contributed by atoms with van der Waals surface area (Å²) in [4.78, 5) is 15.1. The van der Waals surface area contributed by atoms with Crippen LogP contribution < -0.4 is 10.2 Å². The van der Waals surface area contributed by atoms with Crippen LogP contribution in [0.4, 0.5) is 5.95 Å². The van der Waals surface area contributed by atoms with E-state index in [0.29, 0.717) is 5.78 Å². The SMILES string of the molecule is c1cc(-c2ccnc3nc(N4CCNCC4)nn23)ccn1. The third-order valence-corrected chi connectivity index (χ3v) is 3.61. The Morgan fingerprint density at radius 1 is 1.00 bits per heavy atom. The highest BCUT2D eigenvalue weighted by Crippen LogP contribution is 2.19. The van der Waals surface area contributed by atoms with Crippen molar-refractivity contribution in [1.29, 1.82) is 0 Å². The fraction of sp³-hybridized carbons (Fsp3) is 0.286. The van der Waals surface area contributed by atoms with Crippen molar-refractivity contribution in [2.45, 2.75) is 0 Å². The average molecular weight is 281 g/mol. The van der Waals surface area contributed by atoms with Gasteiger partial charge in [-0.15, -0.1) is 5.10 Å². The maximum absolute atomic E-state index is 4.63. The van der Waals surface area contributed by atoms with Crippen LogP contribution >= 0.6 is 0 Å². The maximum atomic E-state index is 4.63. The van der Waals surface area contributed by atoms with Gasteiger partial charge < -0.3 is 10.2 Å². The van der Waals surface area contributed by atoms with Crippen LogP contribution in [-0.2, 0) is 0 Å². The highest BCUT2D eigenvalue weighted by molar-refractivity contribution is 5.61. The maximum Gasteiger partial charge on any atom is 0.254 e. The summed E-state index contributed by atoms with van der Waals surface area (Å²) in [6, 6.07) is 5.86. The van der Waals surface area contributed by atoms with E-state index in [0.717, 1.165) is 43.4 Å². The van der Waals surface area contributed by atoms with Crippen LogP contribution in [0.15, 0.2) is 36.8 Å². The van der Waals surface area contributed by atoms with Crippen molar-refractivity contribution < 1.29 is 0 Å². The summed E-state index contributed by atoms with van der Waals surface area (Å²) in [6.45, 7) is 3.75. The molecule has 3 aromatic heterocycles. The summed E-state index contributed by atoms with van der Waals surface area (Å²) < 4.78 is 1.80. The molecule has 1 fully saturated rings. The molecule has 106 valence electrons. The number of piperazine rings is 1. The molecule has 4 rings (SSSR count). The quantitative estimate of drug-likeness (QED) is 0.741. The summed E-state index contributed by atoms with van der Waals surface area (Å²) in [6.07, 6.45) is 5.31. The summed E-state index contributed by atoms with van der Waals surface area (Å²) in [5.41, 5.74) is 2.02. The van der Waals surface area contributed by atoms with E-state index in [1.807, 2.05) is 18.2 Å². The molecule has 3 aromatic rings. The Morgan fingerprint density at radius 3 is 2.62 bits per heavy atom. The third-order valence-electron chi connectivity index (χ3n) is 3.61. The van der Waals surface area contributed by atoms with E-state index in [2.05, 4.69) is 30.3 Å². The lowest BCUT2D eigenvalue weighted by Crippen LogP contribution is -2.44. The van der Waals surface area contributed by atoms with Crippen molar-refractivity contribution in [3.05, 3.63) is 36.8 Å². The van der Waals surface area contributed by atoms with Crippen LogP contribution in [0.2, 0.25) is 0 Å². The second-order valence-electron chi connectivity index (χ2n) is 4.93. The highest BCUT2D eigenvalue weighted by Gasteiger charge is 2.17. The number of nitrogens with zero attached hydrogens (tertiary/aromatic N) is 6. The number of aromatic nitrogens is 5. The number of anilines is 1. The van der Waals surface area contributed by atoms with Gasteiger partial charge in [0, 0.05) is 50.3 Å². The van der Waals surface area contributed by atoms with Crippen molar-refractivity contribution in [1.82, 2.24) is 29.9 Å². The molecular formula is C14H15N7. The Kier molecular flexibility index (Phi) is 2.97. The normalized spacial score (nSPS) is 15.5. The zero-order chi connectivity index (χ0) is 14.1. The van der Waals surface area contributed by atoms with E-state index in [4.69, 9.17) is 0 Å². The van der Waals surface area contributed by atoms with E-state index in [1.54, 1.807) is 23.1 Å². The molecule has 1 N–H and O–H groups in total. The molecule has 1 saturated heterocycles. The Labute approximate surface area is 121 Å². The lowest BCUT2D eigenvalue weighted by molar-refractivity contribution is 0.580. The second kappa shape index (κ2) is 5.10. The number of fused-ring (bicyclic) bond motifs is 1. The van der Waals surface area contributed by atoms with E-state index in [-0.39, 0.29) is 0 Å². The van der Waals surface area contributed by atoms with Gasteiger partial charge in [0.25, 0.3) is 5.78 Å². The highest BCUT2D eigenvalue weighted by atomic mass is 15.4. The van der Waals surface area contributed by atoms with Gasteiger partial charge in [-0.1, -0.05) is 0 Å². The van der Waals surface area contributed by atoms with Crippen molar-refractivity contribution in [3.63, 3.8) is 0 Å². The van der Waals surface area contributed by atoms with Crippen molar-refractivity contribution in [2.75, 3.05) is 31.1 Å². The van der Waals surface area contributed by atoms with Crippen LogP contribution in [0.3, 0.4) is 0 Å². The zero-order valence-corrected chi connectivity index (χ0v) is 11.5. The number of hydrogen-bond donors (Lipinski definition) is 1. The standard InChI is InChI=1S/C14H15N7/c1-4-15-5-2-11(1)12-3-6-17-13-18-14(19-21(12)13)20-9-7-16-8-10-20/h1-6,16H,7-10H2. The molecule has 0 bridgehead atoms. The fourth-order valence-electron chi connectivity index (χ4n) is 2.52. The molecule has 0 atom stereocenters. The lowest BCUT2D eigenvalue weighted by atomic mass is 10.2.